The summed E-state index contributed by atoms with van der Waals surface area (Å²) in [6.45, 7) is 4.82. The average Bonchev–Trinajstić information content (AvgIpc) is 2.28. The minimum atomic E-state index is -0.383. The molecule has 6 heteroatoms. The number of anilines is 1. The Morgan fingerprint density at radius 1 is 1.38 bits per heavy atom. The van der Waals surface area contributed by atoms with Crippen molar-refractivity contribution in [2.45, 2.75) is 26.9 Å². The Hall–Kier alpha value is -1.17. The first-order valence-corrected chi connectivity index (χ1v) is 6.44. The minimum absolute atomic E-state index is 0.128. The molecule has 0 aliphatic heterocycles. The number of hydrogen-bond donors (Lipinski definition) is 1. The third-order valence-corrected chi connectivity index (χ3v) is 3.15. The Morgan fingerprint density at radius 2 is 2.06 bits per heavy atom. The second-order valence-corrected chi connectivity index (χ2v) is 4.70. The van der Waals surface area contributed by atoms with Gasteiger partial charge in [-0.25, -0.2) is 4.79 Å². The van der Waals surface area contributed by atoms with Gasteiger partial charge in [0.15, 0.2) is 0 Å². The van der Waals surface area contributed by atoms with Crippen LogP contribution in [0.3, 0.4) is 0 Å². The first kappa shape index (κ1) is 12.9. The molecular weight excluding hydrogens is 226 g/mol. The number of hydrogen-bond acceptors (Lipinski definition) is 4. The van der Waals surface area contributed by atoms with Gasteiger partial charge in [-0.05, 0) is 12.7 Å². The number of rotatable bonds is 5. The van der Waals surface area contributed by atoms with Crippen LogP contribution in [0.25, 0.3) is 0 Å². The van der Waals surface area contributed by atoms with Gasteiger partial charge in [0, 0.05) is 25.0 Å². The first-order chi connectivity index (χ1) is 7.61. The van der Waals surface area contributed by atoms with Gasteiger partial charge in [0.25, 0.3) is 5.56 Å². The molecule has 0 saturated heterocycles. The fourth-order valence-corrected chi connectivity index (χ4v) is 2.00. The molecule has 90 valence electrons. The maximum absolute atomic E-state index is 11.8. The highest BCUT2D eigenvalue weighted by molar-refractivity contribution is 7.99. The van der Waals surface area contributed by atoms with Gasteiger partial charge in [-0.2, -0.15) is 11.8 Å². The lowest BCUT2D eigenvalue weighted by Gasteiger charge is -2.09. The lowest BCUT2D eigenvalue weighted by molar-refractivity contribution is 0.594. The van der Waals surface area contributed by atoms with E-state index >= 15 is 0 Å². The number of aryl methyl sites for hydroxylation is 1. The molecule has 0 saturated carbocycles. The highest BCUT2D eigenvalue weighted by atomic mass is 32.2. The Labute approximate surface area is 98.3 Å². The van der Waals surface area contributed by atoms with Crippen LogP contribution >= 0.6 is 11.8 Å². The smallest absolute Gasteiger partial charge is 0.331 e. The number of thioether (sulfide) groups is 1. The molecule has 1 heterocycles. The van der Waals surface area contributed by atoms with Crippen LogP contribution in [0, 0.1) is 0 Å². The van der Waals surface area contributed by atoms with Gasteiger partial charge in [0.1, 0.15) is 5.69 Å². The normalized spacial score (nSPS) is 10.6. The number of nitrogens with two attached hydrogens (primary N) is 1. The second kappa shape index (κ2) is 5.79. The van der Waals surface area contributed by atoms with E-state index in [-0.39, 0.29) is 16.9 Å². The standard InChI is InChI=1S/C10H17N3O2S/c1-3-12-7-8(11)9(14)13(10(12)15)5-6-16-4-2/h7H,3-6,11H2,1-2H3. The molecule has 1 aromatic heterocycles. The molecular formula is C10H17N3O2S. The Kier molecular flexibility index (Phi) is 4.67. The van der Waals surface area contributed by atoms with E-state index in [0.29, 0.717) is 13.1 Å². The van der Waals surface area contributed by atoms with Crippen LogP contribution in [-0.4, -0.2) is 20.6 Å². The van der Waals surface area contributed by atoms with Crippen molar-refractivity contribution in [2.75, 3.05) is 17.2 Å². The van der Waals surface area contributed by atoms with Crippen LogP contribution in [0.2, 0.25) is 0 Å². The maximum atomic E-state index is 11.8. The van der Waals surface area contributed by atoms with E-state index in [2.05, 4.69) is 0 Å². The number of nitrogen functional groups attached to an aromatic ring is 1. The summed E-state index contributed by atoms with van der Waals surface area (Å²) in [5, 5.41) is 0. The van der Waals surface area contributed by atoms with Crippen LogP contribution in [0.4, 0.5) is 5.69 Å². The first-order valence-electron chi connectivity index (χ1n) is 5.29. The zero-order chi connectivity index (χ0) is 12.1. The molecule has 0 radical (unpaired) electrons. The summed E-state index contributed by atoms with van der Waals surface area (Å²) < 4.78 is 2.66. The van der Waals surface area contributed by atoms with E-state index in [1.165, 1.54) is 15.3 Å². The molecule has 0 bridgehead atoms. The van der Waals surface area contributed by atoms with Crippen molar-refractivity contribution in [3.05, 3.63) is 27.0 Å². The Morgan fingerprint density at radius 3 is 2.62 bits per heavy atom. The fraction of sp³-hybridized carbons (Fsp3) is 0.600. The number of nitrogens with zero attached hydrogens (tertiary/aromatic N) is 2. The van der Waals surface area contributed by atoms with Crippen LogP contribution in [-0.2, 0) is 13.1 Å². The quantitative estimate of drug-likeness (QED) is 0.758. The van der Waals surface area contributed by atoms with Gasteiger partial charge in [0.2, 0.25) is 0 Å². The highest BCUT2D eigenvalue weighted by Crippen LogP contribution is 1.98. The lowest BCUT2D eigenvalue weighted by atomic mass is 10.5. The minimum Gasteiger partial charge on any atom is -0.393 e. The van der Waals surface area contributed by atoms with Crippen molar-refractivity contribution in [2.24, 2.45) is 0 Å². The molecule has 1 rings (SSSR count). The van der Waals surface area contributed by atoms with Gasteiger partial charge in [0.05, 0.1) is 0 Å². The van der Waals surface area contributed by atoms with E-state index in [1.807, 2.05) is 13.8 Å². The van der Waals surface area contributed by atoms with E-state index in [1.54, 1.807) is 11.8 Å². The predicted octanol–water partition coefficient (Wildman–Crippen LogP) is 0.365. The monoisotopic (exact) mass is 243 g/mol. The van der Waals surface area contributed by atoms with Crippen molar-refractivity contribution in [3.63, 3.8) is 0 Å². The van der Waals surface area contributed by atoms with Gasteiger partial charge in [-0.15, -0.1) is 0 Å². The van der Waals surface area contributed by atoms with Crippen molar-refractivity contribution in [1.82, 2.24) is 9.13 Å². The largest absolute Gasteiger partial charge is 0.393 e. The third-order valence-electron chi connectivity index (χ3n) is 2.27. The van der Waals surface area contributed by atoms with E-state index in [4.69, 9.17) is 5.73 Å². The topological polar surface area (TPSA) is 70.0 Å². The van der Waals surface area contributed by atoms with Gasteiger partial charge in [-0.1, -0.05) is 6.92 Å². The molecule has 0 aliphatic rings. The lowest BCUT2D eigenvalue weighted by Crippen LogP contribution is -2.40. The average molecular weight is 243 g/mol. The zero-order valence-electron chi connectivity index (χ0n) is 9.60. The number of aromatic nitrogens is 2. The zero-order valence-corrected chi connectivity index (χ0v) is 10.4. The van der Waals surface area contributed by atoms with Gasteiger partial charge in [-0.3, -0.25) is 13.9 Å². The van der Waals surface area contributed by atoms with E-state index in [0.717, 1.165) is 11.5 Å². The molecule has 1 aromatic rings. The molecule has 0 unspecified atom stereocenters. The summed E-state index contributed by atoms with van der Waals surface area (Å²) in [5.74, 6) is 1.72. The molecule has 0 atom stereocenters. The van der Waals surface area contributed by atoms with E-state index in [9.17, 15) is 9.59 Å². The molecule has 0 aliphatic carbocycles. The molecule has 0 spiro atoms. The summed E-state index contributed by atoms with van der Waals surface area (Å²) in [5.41, 5.74) is 5.04. The Bertz CT molecular complexity index is 464. The summed E-state index contributed by atoms with van der Waals surface area (Å²) >= 11 is 1.69. The molecule has 0 aromatic carbocycles. The van der Waals surface area contributed by atoms with Crippen LogP contribution < -0.4 is 17.0 Å². The molecule has 16 heavy (non-hydrogen) atoms. The summed E-state index contributed by atoms with van der Waals surface area (Å²) in [6, 6.07) is 0. The van der Waals surface area contributed by atoms with Gasteiger partial charge < -0.3 is 5.73 Å². The van der Waals surface area contributed by atoms with Crippen LogP contribution in [0.5, 0.6) is 0 Å². The third kappa shape index (κ3) is 2.69. The van der Waals surface area contributed by atoms with Crippen molar-refractivity contribution < 1.29 is 0 Å². The molecule has 0 fully saturated rings. The molecule has 5 nitrogen and oxygen atoms in total. The Balaban J connectivity index is 3.10. The highest BCUT2D eigenvalue weighted by Gasteiger charge is 2.07. The van der Waals surface area contributed by atoms with Gasteiger partial charge >= 0.3 is 5.69 Å². The van der Waals surface area contributed by atoms with Crippen molar-refractivity contribution in [3.8, 4) is 0 Å². The van der Waals surface area contributed by atoms with Crippen LogP contribution in [0.1, 0.15) is 13.8 Å². The van der Waals surface area contributed by atoms with Crippen molar-refractivity contribution >= 4 is 17.4 Å². The SMILES string of the molecule is CCSCCn1c(=O)c(N)cn(CC)c1=O. The van der Waals surface area contributed by atoms with Crippen LogP contribution in [0.15, 0.2) is 15.8 Å². The van der Waals surface area contributed by atoms with E-state index < -0.39 is 0 Å². The predicted molar refractivity (Wildman–Crippen MR) is 68.0 cm³/mol. The summed E-state index contributed by atoms with van der Waals surface area (Å²) in [4.78, 5) is 23.5. The fourth-order valence-electron chi connectivity index (χ4n) is 1.40. The molecule has 0 amide bonds. The molecule has 2 N–H and O–H groups in total. The summed E-state index contributed by atoms with van der Waals surface area (Å²) in [7, 11) is 0. The van der Waals surface area contributed by atoms with Crippen molar-refractivity contribution in [1.29, 1.82) is 0 Å². The second-order valence-electron chi connectivity index (χ2n) is 3.31. The summed E-state index contributed by atoms with van der Waals surface area (Å²) in [6.07, 6.45) is 1.41. The maximum Gasteiger partial charge on any atom is 0.331 e.